The summed E-state index contributed by atoms with van der Waals surface area (Å²) in [6, 6.07) is 12.2. The molecule has 0 aliphatic rings. The van der Waals surface area contributed by atoms with Gasteiger partial charge in [-0.1, -0.05) is 11.6 Å². The van der Waals surface area contributed by atoms with Gasteiger partial charge in [0, 0.05) is 26.7 Å². The van der Waals surface area contributed by atoms with Gasteiger partial charge in [-0.25, -0.2) is 9.78 Å². The molecule has 1 N–H and O–H groups in total. The molecule has 28 heavy (non-hydrogen) atoms. The number of nitrogens with zero attached hydrogens (tertiary/aromatic N) is 1. The van der Waals surface area contributed by atoms with E-state index in [2.05, 4.69) is 10.3 Å². The molecule has 1 heterocycles. The van der Waals surface area contributed by atoms with Crippen LogP contribution in [0.2, 0.25) is 5.02 Å². The number of carbonyl (C=O) groups is 2. The van der Waals surface area contributed by atoms with E-state index in [1.807, 2.05) is 24.4 Å². The van der Waals surface area contributed by atoms with Crippen LogP contribution < -0.4 is 5.32 Å². The second-order valence-electron chi connectivity index (χ2n) is 5.88. The molecule has 0 radical (unpaired) electrons. The molecule has 0 spiro atoms. The van der Waals surface area contributed by atoms with E-state index in [4.69, 9.17) is 16.3 Å². The summed E-state index contributed by atoms with van der Waals surface area (Å²) >= 11 is 9.10. The molecular weight excluding hydrogens is 416 g/mol. The third-order valence-corrected chi connectivity index (χ3v) is 5.67. The average molecular weight is 433 g/mol. The maximum absolute atomic E-state index is 12.1. The number of thiazole rings is 1. The van der Waals surface area contributed by atoms with E-state index in [9.17, 15) is 9.59 Å². The van der Waals surface area contributed by atoms with Gasteiger partial charge < -0.3 is 10.1 Å². The number of halogens is 1. The fraction of sp³-hybridized carbons (Fsp3) is 0.150. The molecule has 0 saturated carbocycles. The summed E-state index contributed by atoms with van der Waals surface area (Å²) in [4.78, 5) is 29.4. The van der Waals surface area contributed by atoms with Gasteiger partial charge in [-0.05, 0) is 55.0 Å². The minimum absolute atomic E-state index is 0.360. The van der Waals surface area contributed by atoms with Crippen molar-refractivity contribution in [1.82, 2.24) is 4.98 Å². The van der Waals surface area contributed by atoms with Gasteiger partial charge in [0.1, 0.15) is 0 Å². The normalized spacial score (nSPS) is 10.5. The number of hydrogen-bond acceptors (Lipinski definition) is 6. The lowest BCUT2D eigenvalue weighted by molar-refractivity contribution is -0.119. The summed E-state index contributed by atoms with van der Waals surface area (Å²) in [7, 11) is 0. The molecule has 0 aliphatic carbocycles. The number of aromatic nitrogens is 1. The Kier molecular flexibility index (Phi) is 7.08. The zero-order valence-corrected chi connectivity index (χ0v) is 17.4. The summed E-state index contributed by atoms with van der Waals surface area (Å²) in [5.41, 5.74) is 4.69. The highest BCUT2D eigenvalue weighted by atomic mass is 35.5. The highest BCUT2D eigenvalue weighted by molar-refractivity contribution is 7.98. The number of esters is 1. The largest absolute Gasteiger partial charge is 0.452 e. The number of amides is 1. The molecule has 3 aromatic rings. The molecule has 0 unspecified atom stereocenters. The number of rotatable bonds is 7. The van der Waals surface area contributed by atoms with Gasteiger partial charge in [-0.15, -0.1) is 23.1 Å². The predicted octanol–water partition coefficient (Wildman–Crippen LogP) is 5.19. The zero-order chi connectivity index (χ0) is 19.9. The first-order valence-corrected chi connectivity index (χ1v) is 10.6. The van der Waals surface area contributed by atoms with Crippen molar-refractivity contribution in [2.75, 3.05) is 11.9 Å². The number of benzene rings is 2. The molecule has 8 heteroatoms. The third kappa shape index (κ3) is 5.82. The van der Waals surface area contributed by atoms with Gasteiger partial charge in [0.2, 0.25) is 0 Å². The van der Waals surface area contributed by atoms with Crippen LogP contribution in [0.3, 0.4) is 0 Å². The van der Waals surface area contributed by atoms with Gasteiger partial charge in [-0.2, -0.15) is 0 Å². The number of carbonyl (C=O) groups excluding carboxylic acids is 2. The second kappa shape index (κ2) is 9.73. The van der Waals surface area contributed by atoms with Crippen LogP contribution in [-0.4, -0.2) is 23.5 Å². The first kappa shape index (κ1) is 20.4. The van der Waals surface area contributed by atoms with Crippen molar-refractivity contribution in [3.63, 3.8) is 0 Å². The number of anilines is 1. The number of aryl methyl sites for hydroxylation is 1. The van der Waals surface area contributed by atoms with Crippen LogP contribution in [0.5, 0.6) is 0 Å². The Labute approximate surface area is 176 Å². The number of nitrogens with one attached hydrogen (secondary N) is 1. The summed E-state index contributed by atoms with van der Waals surface area (Å²) in [6.07, 6.45) is 0. The van der Waals surface area contributed by atoms with E-state index in [-0.39, 0.29) is 6.61 Å². The number of thioether (sulfide) groups is 1. The Hall–Kier alpha value is -2.35. The molecule has 144 valence electrons. The highest BCUT2D eigenvalue weighted by Gasteiger charge is 2.11. The Balaban J connectivity index is 1.48. The monoisotopic (exact) mass is 432 g/mol. The minimum atomic E-state index is -0.543. The van der Waals surface area contributed by atoms with E-state index in [1.165, 1.54) is 0 Å². The van der Waals surface area contributed by atoms with Crippen LogP contribution in [0.4, 0.5) is 5.69 Å². The minimum Gasteiger partial charge on any atom is -0.452 e. The van der Waals surface area contributed by atoms with Crippen molar-refractivity contribution >= 4 is 52.3 Å². The van der Waals surface area contributed by atoms with Crippen LogP contribution in [0, 0.1) is 6.92 Å². The molecule has 0 fully saturated rings. The van der Waals surface area contributed by atoms with Crippen molar-refractivity contribution in [2.45, 2.75) is 17.6 Å². The lowest BCUT2D eigenvalue weighted by atomic mass is 10.2. The molecule has 0 bridgehead atoms. The van der Waals surface area contributed by atoms with E-state index < -0.39 is 11.9 Å². The standard InChI is InChI=1S/C20H17ClN2O3S2/c1-13-8-15(21)4-7-18(13)23-19(24)9-26-20(25)14-2-5-17(6-3-14)28-11-16-10-27-12-22-16/h2-8,10,12H,9,11H2,1H3,(H,23,24). The van der Waals surface area contributed by atoms with Gasteiger partial charge in [0.15, 0.2) is 6.61 Å². The summed E-state index contributed by atoms with van der Waals surface area (Å²) < 4.78 is 5.09. The summed E-state index contributed by atoms with van der Waals surface area (Å²) in [6.45, 7) is 1.47. The molecule has 0 saturated heterocycles. The van der Waals surface area contributed by atoms with E-state index in [1.54, 1.807) is 58.9 Å². The summed E-state index contributed by atoms with van der Waals surface area (Å²) in [5, 5.41) is 5.30. The average Bonchev–Trinajstić information content (AvgIpc) is 3.21. The first-order chi connectivity index (χ1) is 13.5. The van der Waals surface area contributed by atoms with Crippen LogP contribution in [-0.2, 0) is 15.3 Å². The quantitative estimate of drug-likeness (QED) is 0.411. The van der Waals surface area contributed by atoms with Gasteiger partial charge in [-0.3, -0.25) is 4.79 Å². The van der Waals surface area contributed by atoms with Crippen molar-refractivity contribution < 1.29 is 14.3 Å². The summed E-state index contributed by atoms with van der Waals surface area (Å²) in [5.74, 6) is -0.175. The molecule has 3 rings (SSSR count). The van der Waals surface area contributed by atoms with E-state index >= 15 is 0 Å². The SMILES string of the molecule is Cc1cc(Cl)ccc1NC(=O)COC(=O)c1ccc(SCc2cscn2)cc1. The smallest absolute Gasteiger partial charge is 0.338 e. The zero-order valence-electron chi connectivity index (χ0n) is 15.0. The Morgan fingerprint density at radius 1 is 1.21 bits per heavy atom. The number of ether oxygens (including phenoxy) is 1. The van der Waals surface area contributed by atoms with Crippen LogP contribution in [0.15, 0.2) is 58.3 Å². The van der Waals surface area contributed by atoms with Crippen LogP contribution in [0.25, 0.3) is 0 Å². The highest BCUT2D eigenvalue weighted by Crippen LogP contribution is 2.23. The lowest BCUT2D eigenvalue weighted by Gasteiger charge is -2.09. The molecule has 0 atom stereocenters. The second-order valence-corrected chi connectivity index (χ2v) is 8.08. The van der Waals surface area contributed by atoms with Gasteiger partial charge >= 0.3 is 5.97 Å². The molecule has 5 nitrogen and oxygen atoms in total. The maximum atomic E-state index is 12.1. The van der Waals surface area contributed by atoms with Crippen molar-refractivity contribution in [1.29, 1.82) is 0 Å². The molecule has 1 aromatic heterocycles. The first-order valence-electron chi connectivity index (χ1n) is 8.34. The Bertz CT molecular complexity index is 960. The number of hydrogen-bond donors (Lipinski definition) is 1. The topological polar surface area (TPSA) is 68.3 Å². The third-order valence-electron chi connectivity index (χ3n) is 3.76. The molecule has 1 amide bonds. The molecule has 0 aliphatic heterocycles. The van der Waals surface area contributed by atoms with Crippen molar-refractivity contribution in [3.8, 4) is 0 Å². The molecule has 2 aromatic carbocycles. The fourth-order valence-corrected chi connectivity index (χ4v) is 4.01. The Morgan fingerprint density at radius 3 is 2.68 bits per heavy atom. The fourth-order valence-electron chi connectivity index (χ4n) is 2.32. The van der Waals surface area contributed by atoms with Crippen molar-refractivity contribution in [2.24, 2.45) is 0 Å². The Morgan fingerprint density at radius 2 is 2.00 bits per heavy atom. The van der Waals surface area contributed by atoms with Gasteiger partial charge in [0.05, 0.1) is 16.8 Å². The van der Waals surface area contributed by atoms with Crippen molar-refractivity contribution in [3.05, 3.63) is 75.2 Å². The lowest BCUT2D eigenvalue weighted by Crippen LogP contribution is -2.21. The van der Waals surface area contributed by atoms with E-state index in [0.29, 0.717) is 16.3 Å². The van der Waals surface area contributed by atoms with Gasteiger partial charge in [0.25, 0.3) is 5.91 Å². The van der Waals surface area contributed by atoms with E-state index in [0.717, 1.165) is 21.9 Å². The van der Waals surface area contributed by atoms with Crippen LogP contribution >= 0.6 is 34.7 Å². The predicted molar refractivity (Wildman–Crippen MR) is 113 cm³/mol. The molecular formula is C20H17ClN2O3S2. The maximum Gasteiger partial charge on any atom is 0.338 e. The van der Waals surface area contributed by atoms with Crippen LogP contribution in [0.1, 0.15) is 21.6 Å².